The number of piperidine rings is 2. The molecule has 5 heteroatoms. The van der Waals surface area contributed by atoms with Crippen molar-refractivity contribution >= 4 is 11.8 Å². The molecule has 3 fully saturated rings. The monoisotopic (exact) mass is 321 g/mol. The number of carbonyl (C=O) groups is 2. The van der Waals surface area contributed by atoms with Crippen LogP contribution in [0.5, 0.6) is 0 Å². The Labute approximate surface area is 140 Å². The lowest BCUT2D eigenvalue weighted by atomic mass is 9.79. The highest BCUT2D eigenvalue weighted by Crippen LogP contribution is 2.39. The number of carbonyl (C=O) groups excluding carboxylic acids is 2. The van der Waals surface area contributed by atoms with E-state index < -0.39 is 0 Å². The van der Waals surface area contributed by atoms with E-state index in [1.807, 2.05) is 16.8 Å². The molecular weight excluding hydrogens is 290 g/mol. The summed E-state index contributed by atoms with van der Waals surface area (Å²) in [7, 11) is 2.00. The summed E-state index contributed by atoms with van der Waals surface area (Å²) in [6.07, 6.45) is 7.36. The minimum Gasteiger partial charge on any atom is -0.343 e. The second-order valence-corrected chi connectivity index (χ2v) is 7.80. The summed E-state index contributed by atoms with van der Waals surface area (Å²) in [6, 6.07) is 1.04. The van der Waals surface area contributed by atoms with Crippen molar-refractivity contribution in [2.45, 2.75) is 76.4 Å². The highest BCUT2D eigenvalue weighted by Gasteiger charge is 2.48. The van der Waals surface area contributed by atoms with Crippen LogP contribution in [0.3, 0.4) is 0 Å². The van der Waals surface area contributed by atoms with Crippen molar-refractivity contribution in [1.29, 1.82) is 0 Å². The molecule has 0 radical (unpaired) electrons. The summed E-state index contributed by atoms with van der Waals surface area (Å²) in [5, 5.41) is 0. The van der Waals surface area contributed by atoms with Gasteiger partial charge >= 0.3 is 0 Å². The van der Waals surface area contributed by atoms with Crippen molar-refractivity contribution in [3.8, 4) is 0 Å². The zero-order valence-electron chi connectivity index (χ0n) is 14.9. The van der Waals surface area contributed by atoms with Gasteiger partial charge in [-0.25, -0.2) is 0 Å². The van der Waals surface area contributed by atoms with E-state index in [2.05, 4.69) is 11.8 Å². The fourth-order valence-electron chi connectivity index (χ4n) is 4.99. The zero-order valence-corrected chi connectivity index (χ0v) is 14.9. The average molecular weight is 321 g/mol. The first-order valence-electron chi connectivity index (χ1n) is 9.21. The Hall–Kier alpha value is -1.10. The Balaban J connectivity index is 1.76. The van der Waals surface area contributed by atoms with Crippen LogP contribution in [0.4, 0.5) is 0 Å². The van der Waals surface area contributed by atoms with Gasteiger partial charge in [0.05, 0.1) is 5.54 Å². The Bertz CT molecular complexity index is 473. The molecule has 0 saturated carbocycles. The van der Waals surface area contributed by atoms with Crippen LogP contribution in [-0.2, 0) is 9.59 Å². The van der Waals surface area contributed by atoms with E-state index in [4.69, 9.17) is 0 Å². The third-order valence-electron chi connectivity index (χ3n) is 6.62. The number of hydrogen-bond donors (Lipinski definition) is 0. The van der Waals surface area contributed by atoms with Crippen LogP contribution in [0.1, 0.15) is 58.8 Å². The van der Waals surface area contributed by atoms with E-state index in [1.165, 1.54) is 12.8 Å². The van der Waals surface area contributed by atoms with Crippen molar-refractivity contribution in [3.05, 3.63) is 0 Å². The van der Waals surface area contributed by atoms with Crippen LogP contribution >= 0.6 is 0 Å². The molecule has 0 aromatic heterocycles. The lowest BCUT2D eigenvalue weighted by molar-refractivity contribution is -0.146. The van der Waals surface area contributed by atoms with Crippen LogP contribution in [0.25, 0.3) is 0 Å². The Kier molecular flexibility index (Phi) is 4.68. The lowest BCUT2D eigenvalue weighted by Gasteiger charge is -2.53. The molecule has 0 spiro atoms. The molecule has 0 aromatic carbocycles. The molecule has 0 N–H and O–H groups in total. The Morgan fingerprint density at radius 2 is 1.83 bits per heavy atom. The number of rotatable bonds is 1. The molecule has 0 bridgehead atoms. The second kappa shape index (κ2) is 6.42. The maximum absolute atomic E-state index is 12.2. The van der Waals surface area contributed by atoms with Crippen molar-refractivity contribution in [2.75, 3.05) is 26.7 Å². The molecule has 0 aliphatic carbocycles. The predicted octanol–water partition coefficient (Wildman–Crippen LogP) is 1.86. The predicted molar refractivity (Wildman–Crippen MR) is 90.0 cm³/mol. The summed E-state index contributed by atoms with van der Waals surface area (Å²) in [5.41, 5.74) is -0.0243. The fourth-order valence-corrected chi connectivity index (χ4v) is 4.99. The SMILES string of the molecule is CC(=O)N1CCC(N2CCCC[C@@]3(C)[C@@H]2CCC(=O)N3C)CC1. The summed E-state index contributed by atoms with van der Waals surface area (Å²) in [4.78, 5) is 30.5. The highest BCUT2D eigenvalue weighted by atomic mass is 16.2. The molecule has 0 aromatic rings. The molecular formula is C18H31N3O2. The van der Waals surface area contributed by atoms with Gasteiger partial charge in [-0.3, -0.25) is 14.5 Å². The van der Waals surface area contributed by atoms with Crippen molar-refractivity contribution in [1.82, 2.24) is 14.7 Å². The van der Waals surface area contributed by atoms with Crippen LogP contribution in [0.15, 0.2) is 0 Å². The minimum absolute atomic E-state index is 0.0243. The normalized spacial score (nSPS) is 34.2. The summed E-state index contributed by atoms with van der Waals surface area (Å²) >= 11 is 0. The van der Waals surface area contributed by atoms with E-state index in [0.717, 1.165) is 45.3 Å². The van der Waals surface area contributed by atoms with Gasteiger partial charge in [0.25, 0.3) is 0 Å². The first-order chi connectivity index (χ1) is 10.9. The molecule has 23 heavy (non-hydrogen) atoms. The van der Waals surface area contributed by atoms with Crippen molar-refractivity contribution < 1.29 is 9.59 Å². The maximum atomic E-state index is 12.2. The quantitative estimate of drug-likeness (QED) is 0.740. The number of fused-ring (bicyclic) bond motifs is 1. The molecule has 130 valence electrons. The number of nitrogens with zero attached hydrogens (tertiary/aromatic N) is 3. The van der Waals surface area contributed by atoms with Gasteiger partial charge in [0.15, 0.2) is 0 Å². The molecule has 3 rings (SSSR count). The maximum Gasteiger partial charge on any atom is 0.222 e. The van der Waals surface area contributed by atoms with E-state index in [0.29, 0.717) is 24.4 Å². The smallest absolute Gasteiger partial charge is 0.222 e. The first-order valence-corrected chi connectivity index (χ1v) is 9.21. The molecule has 0 unspecified atom stereocenters. The summed E-state index contributed by atoms with van der Waals surface area (Å²) < 4.78 is 0. The lowest BCUT2D eigenvalue weighted by Crippen LogP contribution is -2.65. The van der Waals surface area contributed by atoms with Gasteiger partial charge < -0.3 is 9.80 Å². The van der Waals surface area contributed by atoms with Crippen LogP contribution in [0.2, 0.25) is 0 Å². The van der Waals surface area contributed by atoms with Gasteiger partial charge in [0.2, 0.25) is 11.8 Å². The van der Waals surface area contributed by atoms with E-state index in [1.54, 1.807) is 6.92 Å². The van der Waals surface area contributed by atoms with E-state index in [9.17, 15) is 9.59 Å². The Morgan fingerprint density at radius 3 is 2.48 bits per heavy atom. The van der Waals surface area contributed by atoms with Gasteiger partial charge in [-0.1, -0.05) is 0 Å². The minimum atomic E-state index is -0.0243. The van der Waals surface area contributed by atoms with Crippen molar-refractivity contribution in [2.24, 2.45) is 0 Å². The average Bonchev–Trinajstić information content (AvgIpc) is 2.71. The number of amides is 2. The Morgan fingerprint density at radius 1 is 1.13 bits per heavy atom. The van der Waals surface area contributed by atoms with Gasteiger partial charge in [-0.05, 0) is 52.0 Å². The summed E-state index contributed by atoms with van der Waals surface area (Å²) in [5.74, 6) is 0.504. The van der Waals surface area contributed by atoms with Gasteiger partial charge in [-0.15, -0.1) is 0 Å². The molecule has 2 amide bonds. The second-order valence-electron chi connectivity index (χ2n) is 7.80. The topological polar surface area (TPSA) is 43.9 Å². The standard InChI is InChI=1S/C18H31N3O2/c1-14(22)20-12-8-15(9-13-20)21-11-5-4-10-18(2)16(21)6-7-17(23)19(18)3/h15-16H,4-13H2,1-3H3/t16-,18-/m0/s1. The fraction of sp³-hybridized carbons (Fsp3) is 0.889. The third kappa shape index (κ3) is 3.00. The molecule has 3 heterocycles. The molecule has 5 nitrogen and oxygen atoms in total. The van der Waals surface area contributed by atoms with Crippen LogP contribution in [-0.4, -0.2) is 70.8 Å². The van der Waals surface area contributed by atoms with Gasteiger partial charge in [0.1, 0.15) is 0 Å². The van der Waals surface area contributed by atoms with Crippen LogP contribution in [0, 0.1) is 0 Å². The summed E-state index contributed by atoms with van der Waals surface area (Å²) in [6.45, 7) is 6.87. The molecule has 2 atom stereocenters. The van der Waals surface area contributed by atoms with E-state index >= 15 is 0 Å². The largest absolute Gasteiger partial charge is 0.343 e. The third-order valence-corrected chi connectivity index (χ3v) is 6.62. The number of hydrogen-bond acceptors (Lipinski definition) is 3. The number of likely N-dealkylation sites (tertiary alicyclic amines) is 3. The molecule has 3 saturated heterocycles. The first kappa shape index (κ1) is 16.7. The van der Waals surface area contributed by atoms with Gasteiger partial charge in [-0.2, -0.15) is 0 Å². The van der Waals surface area contributed by atoms with Gasteiger partial charge in [0, 0.05) is 45.6 Å². The molecule has 3 aliphatic heterocycles. The van der Waals surface area contributed by atoms with Crippen molar-refractivity contribution in [3.63, 3.8) is 0 Å². The van der Waals surface area contributed by atoms with Crippen LogP contribution < -0.4 is 0 Å². The zero-order chi connectivity index (χ0) is 16.6. The molecule has 3 aliphatic rings. The number of likely N-dealkylation sites (N-methyl/N-ethyl adjacent to an activating group) is 1. The van der Waals surface area contributed by atoms with E-state index in [-0.39, 0.29) is 11.4 Å². The highest BCUT2D eigenvalue weighted by molar-refractivity contribution is 5.78.